The number of piperidine rings is 1. The van der Waals surface area contributed by atoms with E-state index in [1.807, 2.05) is 12.1 Å². The number of nitrogens with one attached hydrogen (secondary N) is 2. The number of furan rings is 1. The summed E-state index contributed by atoms with van der Waals surface area (Å²) in [5, 5.41) is 2.98. The first kappa shape index (κ1) is 23.8. The number of hydrogen-bond donors (Lipinski definition) is 2. The van der Waals surface area contributed by atoms with Crippen LogP contribution in [0, 0.1) is 0 Å². The number of methoxy groups -OCH3 is 1. The Hall–Kier alpha value is -2.36. The highest BCUT2D eigenvalue weighted by molar-refractivity contribution is 7.89. The zero-order valence-corrected chi connectivity index (χ0v) is 19.9. The molecular formula is C24H33N3O5S. The van der Waals surface area contributed by atoms with Crippen molar-refractivity contribution in [2.45, 2.75) is 61.9 Å². The fraction of sp³-hybridized carbons (Fsp3) is 0.542. The first-order chi connectivity index (χ1) is 16.0. The minimum atomic E-state index is -3.80. The van der Waals surface area contributed by atoms with E-state index in [1.54, 1.807) is 12.3 Å². The highest BCUT2D eigenvalue weighted by Gasteiger charge is 2.28. The van der Waals surface area contributed by atoms with Crippen molar-refractivity contribution in [2.75, 3.05) is 26.7 Å². The molecule has 1 saturated carbocycles. The number of rotatable bonds is 9. The molecule has 33 heavy (non-hydrogen) atoms. The van der Waals surface area contributed by atoms with Gasteiger partial charge in [-0.25, -0.2) is 13.1 Å². The Bertz CT molecular complexity index is 1030. The van der Waals surface area contributed by atoms with Crippen LogP contribution in [0.2, 0.25) is 0 Å². The van der Waals surface area contributed by atoms with Crippen LogP contribution in [0.1, 0.15) is 67.1 Å². The van der Waals surface area contributed by atoms with Crippen molar-refractivity contribution in [3.63, 3.8) is 0 Å². The summed E-state index contributed by atoms with van der Waals surface area (Å²) in [4.78, 5) is 15.3. The van der Waals surface area contributed by atoms with Gasteiger partial charge in [0.05, 0.1) is 19.4 Å². The fourth-order valence-corrected chi connectivity index (χ4v) is 6.27. The maximum atomic E-state index is 13.0. The van der Waals surface area contributed by atoms with Gasteiger partial charge in [-0.3, -0.25) is 9.69 Å². The summed E-state index contributed by atoms with van der Waals surface area (Å²) in [5.74, 6) is 0.707. The molecule has 1 aromatic heterocycles. The largest absolute Gasteiger partial charge is 0.495 e. The first-order valence-corrected chi connectivity index (χ1v) is 13.2. The fourth-order valence-electron chi connectivity index (χ4n) is 4.77. The average molecular weight is 476 g/mol. The molecule has 2 heterocycles. The molecule has 2 N–H and O–H groups in total. The van der Waals surface area contributed by atoms with E-state index in [9.17, 15) is 13.2 Å². The Morgan fingerprint density at radius 1 is 1.15 bits per heavy atom. The molecule has 2 aliphatic rings. The molecule has 1 aliphatic carbocycles. The Morgan fingerprint density at radius 2 is 1.91 bits per heavy atom. The Labute approximate surface area is 195 Å². The summed E-state index contributed by atoms with van der Waals surface area (Å²) < 4.78 is 39.8. The predicted molar refractivity (Wildman–Crippen MR) is 125 cm³/mol. The van der Waals surface area contributed by atoms with Crippen molar-refractivity contribution < 1.29 is 22.4 Å². The summed E-state index contributed by atoms with van der Waals surface area (Å²) in [5.41, 5.74) is 0.277. The van der Waals surface area contributed by atoms with Gasteiger partial charge in [0.1, 0.15) is 16.4 Å². The van der Waals surface area contributed by atoms with Gasteiger partial charge >= 0.3 is 0 Å². The SMILES string of the molecule is COc1ccc(C(=O)NCC(c2ccco2)N2CCCCC2)cc1S(=O)(=O)NC1CCCC1. The number of ether oxygens (including phenoxy) is 1. The topological polar surface area (TPSA) is 101 Å². The monoisotopic (exact) mass is 475 g/mol. The van der Waals surface area contributed by atoms with Crippen molar-refractivity contribution in [3.8, 4) is 5.75 Å². The van der Waals surface area contributed by atoms with E-state index in [0.29, 0.717) is 6.54 Å². The zero-order chi connectivity index (χ0) is 23.3. The van der Waals surface area contributed by atoms with Crippen LogP contribution in [0.3, 0.4) is 0 Å². The van der Waals surface area contributed by atoms with Crippen LogP contribution in [0.5, 0.6) is 5.75 Å². The zero-order valence-electron chi connectivity index (χ0n) is 19.1. The number of benzene rings is 1. The first-order valence-electron chi connectivity index (χ1n) is 11.7. The minimum Gasteiger partial charge on any atom is -0.495 e. The number of likely N-dealkylation sites (tertiary alicyclic amines) is 1. The molecule has 1 saturated heterocycles. The molecule has 0 spiro atoms. The van der Waals surface area contributed by atoms with Crippen molar-refractivity contribution in [2.24, 2.45) is 0 Å². The van der Waals surface area contributed by atoms with E-state index in [4.69, 9.17) is 9.15 Å². The second-order valence-electron chi connectivity index (χ2n) is 8.81. The van der Waals surface area contributed by atoms with Crippen molar-refractivity contribution in [3.05, 3.63) is 47.9 Å². The molecule has 2 fully saturated rings. The predicted octanol–water partition coefficient (Wildman–Crippen LogP) is 3.47. The lowest BCUT2D eigenvalue weighted by molar-refractivity contribution is 0.0914. The van der Waals surface area contributed by atoms with Gasteiger partial charge in [-0.2, -0.15) is 0 Å². The van der Waals surface area contributed by atoms with Crippen molar-refractivity contribution in [1.29, 1.82) is 0 Å². The van der Waals surface area contributed by atoms with Crippen LogP contribution in [0.4, 0.5) is 0 Å². The lowest BCUT2D eigenvalue weighted by atomic mass is 10.1. The van der Waals surface area contributed by atoms with Gasteiger partial charge in [0.25, 0.3) is 5.91 Å². The van der Waals surface area contributed by atoms with Crippen LogP contribution in [-0.2, 0) is 10.0 Å². The number of nitrogens with zero attached hydrogens (tertiary/aromatic N) is 1. The third-order valence-electron chi connectivity index (χ3n) is 6.55. The number of hydrogen-bond acceptors (Lipinski definition) is 6. The lowest BCUT2D eigenvalue weighted by Gasteiger charge is -2.33. The van der Waals surface area contributed by atoms with Gasteiger partial charge in [0, 0.05) is 18.2 Å². The summed E-state index contributed by atoms with van der Waals surface area (Å²) in [6.45, 7) is 2.29. The molecule has 0 bridgehead atoms. The van der Waals surface area contributed by atoms with Crippen molar-refractivity contribution >= 4 is 15.9 Å². The minimum absolute atomic E-state index is 0.0110. The molecule has 1 aromatic carbocycles. The van der Waals surface area contributed by atoms with E-state index in [-0.39, 0.29) is 34.2 Å². The van der Waals surface area contributed by atoms with E-state index >= 15 is 0 Å². The van der Waals surface area contributed by atoms with Crippen molar-refractivity contribution in [1.82, 2.24) is 14.9 Å². The lowest BCUT2D eigenvalue weighted by Crippen LogP contribution is -2.40. The molecule has 9 heteroatoms. The smallest absolute Gasteiger partial charge is 0.251 e. The van der Waals surface area contributed by atoms with Gasteiger partial charge in [-0.05, 0) is 69.1 Å². The third kappa shape index (κ3) is 5.77. The molecule has 1 unspecified atom stereocenters. The maximum absolute atomic E-state index is 13.0. The summed E-state index contributed by atoms with van der Waals surface area (Å²) in [7, 11) is -2.38. The molecule has 180 valence electrons. The molecule has 8 nitrogen and oxygen atoms in total. The highest BCUT2D eigenvalue weighted by Crippen LogP contribution is 2.28. The Kier molecular flexibility index (Phi) is 7.72. The molecule has 1 aliphatic heterocycles. The second-order valence-corrected chi connectivity index (χ2v) is 10.5. The van der Waals surface area contributed by atoms with Crippen LogP contribution in [0.15, 0.2) is 45.9 Å². The van der Waals surface area contributed by atoms with Crippen LogP contribution in [0.25, 0.3) is 0 Å². The highest BCUT2D eigenvalue weighted by atomic mass is 32.2. The standard InChI is InChI=1S/C24H33N3O5S/c1-31-22-12-11-18(16-23(22)33(29,30)26-19-8-3-4-9-19)24(28)25-17-20(21-10-7-15-32-21)27-13-5-2-6-14-27/h7,10-12,15-16,19-20,26H,2-6,8-9,13-14,17H2,1H3,(H,25,28). The molecule has 2 aromatic rings. The van der Waals surface area contributed by atoms with Crippen LogP contribution < -0.4 is 14.8 Å². The second kappa shape index (κ2) is 10.7. The summed E-state index contributed by atoms with van der Waals surface area (Å²) >= 11 is 0. The van der Waals surface area contributed by atoms with E-state index in [1.165, 1.54) is 25.7 Å². The molecule has 1 atom stereocenters. The van der Waals surface area contributed by atoms with Crippen LogP contribution >= 0.6 is 0 Å². The number of sulfonamides is 1. The average Bonchev–Trinajstić information content (AvgIpc) is 3.54. The Morgan fingerprint density at radius 3 is 2.58 bits per heavy atom. The number of carbonyl (C=O) groups is 1. The van der Waals surface area contributed by atoms with Gasteiger partial charge in [-0.1, -0.05) is 19.3 Å². The normalized spacial score (nSPS) is 18.8. The van der Waals surface area contributed by atoms with Crippen LogP contribution in [-0.4, -0.2) is 52.0 Å². The Balaban J connectivity index is 1.49. The summed E-state index contributed by atoms with van der Waals surface area (Å²) in [6, 6.07) is 8.17. The quantitative estimate of drug-likeness (QED) is 0.576. The summed E-state index contributed by atoms with van der Waals surface area (Å²) in [6.07, 6.45) is 8.79. The van der Waals surface area contributed by atoms with E-state index in [0.717, 1.165) is 57.4 Å². The molecule has 0 radical (unpaired) electrons. The van der Waals surface area contributed by atoms with Gasteiger partial charge < -0.3 is 14.5 Å². The maximum Gasteiger partial charge on any atom is 0.251 e. The molecule has 4 rings (SSSR count). The van der Waals surface area contributed by atoms with E-state index in [2.05, 4.69) is 14.9 Å². The number of carbonyl (C=O) groups excluding carboxylic acids is 1. The van der Waals surface area contributed by atoms with Gasteiger partial charge in [-0.15, -0.1) is 0 Å². The van der Waals surface area contributed by atoms with Gasteiger partial charge in [0.15, 0.2) is 0 Å². The third-order valence-corrected chi connectivity index (χ3v) is 8.09. The molecule has 1 amide bonds. The molecular weight excluding hydrogens is 442 g/mol. The van der Waals surface area contributed by atoms with Gasteiger partial charge in [0.2, 0.25) is 10.0 Å². The van der Waals surface area contributed by atoms with E-state index < -0.39 is 10.0 Å². The number of amides is 1.